The van der Waals surface area contributed by atoms with E-state index in [0.717, 1.165) is 5.56 Å². The van der Waals surface area contributed by atoms with Gasteiger partial charge in [-0.1, -0.05) is 17.7 Å². The van der Waals surface area contributed by atoms with Crippen LogP contribution in [0.5, 0.6) is 11.6 Å². The molecule has 0 bridgehead atoms. The number of hydrogen-bond acceptors (Lipinski definition) is 5. The van der Waals surface area contributed by atoms with Gasteiger partial charge in [0.25, 0.3) is 5.78 Å². The lowest BCUT2D eigenvalue weighted by Gasteiger charge is -2.09. The van der Waals surface area contributed by atoms with Gasteiger partial charge in [0.05, 0.1) is 11.6 Å². The molecule has 2 aromatic heterocycles. The van der Waals surface area contributed by atoms with Crippen LogP contribution in [0.2, 0.25) is 5.15 Å². The molecule has 0 fully saturated rings. The number of hydrogen-bond donors (Lipinski definition) is 0. The van der Waals surface area contributed by atoms with E-state index in [4.69, 9.17) is 21.6 Å². The molecular formula is C13H8ClN5O. The Balaban J connectivity index is 2.09. The van der Waals surface area contributed by atoms with E-state index in [1.54, 1.807) is 18.2 Å². The van der Waals surface area contributed by atoms with Crippen LogP contribution in [0.1, 0.15) is 11.1 Å². The molecule has 0 N–H and O–H groups in total. The number of fused-ring (bicyclic) bond motifs is 1. The van der Waals surface area contributed by atoms with Crippen LogP contribution in [0, 0.1) is 18.3 Å². The van der Waals surface area contributed by atoms with Gasteiger partial charge in [-0.2, -0.15) is 24.8 Å². The summed E-state index contributed by atoms with van der Waals surface area (Å²) in [5.74, 6) is 1.29. The van der Waals surface area contributed by atoms with Gasteiger partial charge in [-0.15, -0.1) is 0 Å². The molecule has 0 aliphatic rings. The van der Waals surface area contributed by atoms with Crippen molar-refractivity contribution in [2.24, 2.45) is 0 Å². The Labute approximate surface area is 119 Å². The largest absolute Gasteiger partial charge is 0.438 e. The molecule has 6 nitrogen and oxygen atoms in total. The summed E-state index contributed by atoms with van der Waals surface area (Å²) >= 11 is 5.92. The molecule has 7 heteroatoms. The minimum absolute atomic E-state index is 0.259. The Kier molecular flexibility index (Phi) is 2.97. The molecule has 0 radical (unpaired) electrons. The van der Waals surface area contributed by atoms with Crippen LogP contribution < -0.4 is 4.74 Å². The molecule has 0 saturated heterocycles. The Bertz CT molecular complexity index is 836. The zero-order valence-corrected chi connectivity index (χ0v) is 11.2. The summed E-state index contributed by atoms with van der Waals surface area (Å²) < 4.78 is 7.22. The second kappa shape index (κ2) is 4.79. The van der Waals surface area contributed by atoms with E-state index in [9.17, 15) is 0 Å². The van der Waals surface area contributed by atoms with Crippen molar-refractivity contribution in [3.05, 3.63) is 46.9 Å². The van der Waals surface area contributed by atoms with Crippen molar-refractivity contribution in [1.29, 1.82) is 5.26 Å². The normalized spacial score (nSPS) is 10.4. The lowest BCUT2D eigenvalue weighted by Crippen LogP contribution is -1.99. The Morgan fingerprint density at radius 1 is 1.35 bits per heavy atom. The fraction of sp³-hybridized carbons (Fsp3) is 0.0769. The lowest BCUT2D eigenvalue weighted by molar-refractivity contribution is 0.443. The summed E-state index contributed by atoms with van der Waals surface area (Å²) in [6.07, 6.45) is 1.37. The summed E-state index contributed by atoms with van der Waals surface area (Å²) in [4.78, 5) is 7.98. The van der Waals surface area contributed by atoms with Gasteiger partial charge in [0.2, 0.25) is 5.88 Å². The summed E-state index contributed by atoms with van der Waals surface area (Å²) in [6.45, 7) is 1.89. The fourth-order valence-electron chi connectivity index (χ4n) is 1.72. The standard InChI is InChI=1S/C13H8ClN5O/c1-8-2-3-9(6-15)4-10(8)20-12-5-11(14)18-13-16-7-17-19(12)13/h2-5,7H,1H3. The Morgan fingerprint density at radius 3 is 3.00 bits per heavy atom. The van der Waals surface area contributed by atoms with E-state index in [1.165, 1.54) is 10.8 Å². The van der Waals surface area contributed by atoms with Gasteiger partial charge >= 0.3 is 0 Å². The molecule has 0 atom stereocenters. The second-order valence-corrected chi connectivity index (χ2v) is 4.47. The highest BCUT2D eigenvalue weighted by Gasteiger charge is 2.10. The lowest BCUT2D eigenvalue weighted by atomic mass is 10.1. The Morgan fingerprint density at radius 2 is 2.20 bits per heavy atom. The number of aromatic nitrogens is 4. The highest BCUT2D eigenvalue weighted by atomic mass is 35.5. The number of aryl methyl sites for hydroxylation is 1. The van der Waals surface area contributed by atoms with Gasteiger partial charge < -0.3 is 4.74 Å². The Hall–Kier alpha value is -2.65. The van der Waals surface area contributed by atoms with Crippen molar-refractivity contribution in [1.82, 2.24) is 19.6 Å². The molecule has 3 rings (SSSR count). The molecule has 1 aromatic carbocycles. The maximum absolute atomic E-state index is 8.94. The van der Waals surface area contributed by atoms with Crippen molar-refractivity contribution >= 4 is 17.4 Å². The predicted molar refractivity (Wildman–Crippen MR) is 71.8 cm³/mol. The first-order valence-corrected chi connectivity index (χ1v) is 6.10. The molecule has 0 spiro atoms. The minimum atomic E-state index is 0.259. The van der Waals surface area contributed by atoms with Crippen LogP contribution >= 0.6 is 11.6 Å². The summed E-state index contributed by atoms with van der Waals surface area (Å²) in [6, 6.07) is 8.82. The van der Waals surface area contributed by atoms with E-state index in [0.29, 0.717) is 23.0 Å². The molecule has 0 aliphatic heterocycles. The maximum Gasteiger partial charge on any atom is 0.256 e. The van der Waals surface area contributed by atoms with Crippen LogP contribution in [-0.4, -0.2) is 19.6 Å². The van der Waals surface area contributed by atoms with Crippen LogP contribution in [-0.2, 0) is 0 Å². The van der Waals surface area contributed by atoms with Crippen molar-refractivity contribution < 1.29 is 4.74 Å². The third-order valence-corrected chi connectivity index (χ3v) is 2.91. The van der Waals surface area contributed by atoms with Gasteiger partial charge in [0, 0.05) is 6.07 Å². The van der Waals surface area contributed by atoms with Crippen molar-refractivity contribution in [3.63, 3.8) is 0 Å². The number of benzene rings is 1. The number of nitriles is 1. The van der Waals surface area contributed by atoms with Crippen LogP contribution in [0.15, 0.2) is 30.6 Å². The van der Waals surface area contributed by atoms with Crippen LogP contribution in [0.4, 0.5) is 0 Å². The molecule has 0 unspecified atom stereocenters. The number of ether oxygens (including phenoxy) is 1. The second-order valence-electron chi connectivity index (χ2n) is 4.08. The van der Waals surface area contributed by atoms with Gasteiger partial charge in [0.15, 0.2) is 0 Å². The van der Waals surface area contributed by atoms with E-state index in [1.807, 2.05) is 13.0 Å². The summed E-state index contributed by atoms with van der Waals surface area (Å²) in [7, 11) is 0. The molecule has 2 heterocycles. The van der Waals surface area contributed by atoms with Crippen molar-refractivity contribution in [3.8, 4) is 17.7 Å². The molecular weight excluding hydrogens is 278 g/mol. The summed E-state index contributed by atoms with van der Waals surface area (Å²) in [5.41, 5.74) is 1.41. The average Bonchev–Trinajstić information content (AvgIpc) is 2.89. The first-order valence-electron chi connectivity index (χ1n) is 5.72. The van der Waals surface area contributed by atoms with Crippen molar-refractivity contribution in [2.45, 2.75) is 6.92 Å². The third kappa shape index (κ3) is 2.15. The van der Waals surface area contributed by atoms with Gasteiger partial charge in [-0.3, -0.25) is 0 Å². The predicted octanol–water partition coefficient (Wildman–Crippen LogP) is 2.75. The van der Waals surface area contributed by atoms with E-state index >= 15 is 0 Å². The van der Waals surface area contributed by atoms with Gasteiger partial charge in [-0.05, 0) is 24.6 Å². The first-order chi connectivity index (χ1) is 9.67. The molecule has 98 valence electrons. The van der Waals surface area contributed by atoms with Crippen LogP contribution in [0.3, 0.4) is 0 Å². The smallest absolute Gasteiger partial charge is 0.256 e. The average molecular weight is 286 g/mol. The van der Waals surface area contributed by atoms with Crippen molar-refractivity contribution in [2.75, 3.05) is 0 Å². The molecule has 20 heavy (non-hydrogen) atoms. The topological polar surface area (TPSA) is 76.1 Å². The first kappa shape index (κ1) is 12.4. The molecule has 0 saturated carbocycles. The SMILES string of the molecule is Cc1ccc(C#N)cc1Oc1cc(Cl)nc2ncnn12. The number of nitrogens with zero attached hydrogens (tertiary/aromatic N) is 5. The van der Waals surface area contributed by atoms with Crippen LogP contribution in [0.25, 0.3) is 5.78 Å². The van der Waals surface area contributed by atoms with E-state index < -0.39 is 0 Å². The molecule has 0 aliphatic carbocycles. The number of halogens is 1. The maximum atomic E-state index is 8.94. The zero-order chi connectivity index (χ0) is 14.1. The third-order valence-electron chi connectivity index (χ3n) is 2.72. The van der Waals surface area contributed by atoms with E-state index in [-0.39, 0.29) is 5.15 Å². The van der Waals surface area contributed by atoms with Gasteiger partial charge in [-0.25, -0.2) is 0 Å². The van der Waals surface area contributed by atoms with Gasteiger partial charge in [0.1, 0.15) is 17.2 Å². The summed E-state index contributed by atoms with van der Waals surface area (Å²) in [5, 5.41) is 13.2. The highest BCUT2D eigenvalue weighted by Crippen LogP contribution is 2.27. The minimum Gasteiger partial charge on any atom is -0.438 e. The quantitative estimate of drug-likeness (QED) is 0.677. The molecule has 3 aromatic rings. The fourth-order valence-corrected chi connectivity index (χ4v) is 1.89. The monoisotopic (exact) mass is 285 g/mol. The molecule has 0 amide bonds. The van der Waals surface area contributed by atoms with E-state index in [2.05, 4.69) is 21.1 Å². The number of rotatable bonds is 2. The highest BCUT2D eigenvalue weighted by molar-refractivity contribution is 6.29. The zero-order valence-electron chi connectivity index (χ0n) is 10.4.